The first kappa shape index (κ1) is 23.3. The SMILES string of the molecule is CCOCCCNC(=O)[C@@H]1c2c(n(C)c3ccccc23)SCC(=O)N1Cc1ccc(F)cc1. The highest BCUT2D eigenvalue weighted by Crippen LogP contribution is 2.42. The molecule has 33 heavy (non-hydrogen) atoms. The minimum atomic E-state index is -0.786. The lowest BCUT2D eigenvalue weighted by Gasteiger charge is -2.30. The molecule has 1 aliphatic rings. The molecule has 0 spiro atoms. The maximum absolute atomic E-state index is 13.6. The first-order valence-electron chi connectivity index (χ1n) is 11.1. The number of amides is 2. The monoisotopic (exact) mass is 469 g/mol. The number of nitrogens with zero attached hydrogens (tertiary/aromatic N) is 2. The number of benzene rings is 2. The van der Waals surface area contributed by atoms with E-state index in [0.29, 0.717) is 26.2 Å². The van der Waals surface area contributed by atoms with Gasteiger partial charge in [-0.05, 0) is 37.1 Å². The molecule has 0 fully saturated rings. The van der Waals surface area contributed by atoms with Gasteiger partial charge >= 0.3 is 0 Å². The number of carbonyl (C=O) groups excluding carboxylic acids is 2. The highest BCUT2D eigenvalue weighted by atomic mass is 32.2. The number of nitrogens with one attached hydrogen (secondary N) is 1. The summed E-state index contributed by atoms with van der Waals surface area (Å²) in [5.74, 6) is -0.454. The molecule has 1 atom stereocenters. The van der Waals surface area contributed by atoms with Crippen LogP contribution in [0.4, 0.5) is 4.39 Å². The lowest BCUT2D eigenvalue weighted by atomic mass is 10.0. The molecule has 1 N–H and O–H groups in total. The van der Waals surface area contributed by atoms with Gasteiger partial charge in [-0.15, -0.1) is 0 Å². The van der Waals surface area contributed by atoms with Crippen molar-refractivity contribution in [3.05, 3.63) is 65.5 Å². The standard InChI is InChI=1S/C25H28FN3O3S/c1-3-32-14-6-13-27-24(31)23-22-19-7-4-5-8-20(19)28(2)25(22)33-16-21(30)29(23)15-17-9-11-18(26)12-10-17/h4-5,7-12,23H,3,6,13-16H2,1-2H3,(H,27,31)/t23-/m0/s1. The number of aromatic nitrogens is 1. The van der Waals surface area contributed by atoms with Gasteiger partial charge in [-0.3, -0.25) is 9.59 Å². The van der Waals surface area contributed by atoms with Crippen LogP contribution in [0.3, 0.4) is 0 Å². The van der Waals surface area contributed by atoms with Gasteiger partial charge in [0.2, 0.25) is 11.8 Å². The summed E-state index contributed by atoms with van der Waals surface area (Å²) in [6, 6.07) is 13.2. The largest absolute Gasteiger partial charge is 0.382 e. The van der Waals surface area contributed by atoms with Gasteiger partial charge in [-0.25, -0.2) is 4.39 Å². The fraction of sp³-hybridized carbons (Fsp3) is 0.360. The first-order chi connectivity index (χ1) is 16.0. The van der Waals surface area contributed by atoms with Crippen LogP contribution in [0.5, 0.6) is 0 Å². The average molecular weight is 470 g/mol. The molecule has 2 aromatic carbocycles. The highest BCUT2D eigenvalue weighted by molar-refractivity contribution is 8.00. The zero-order chi connectivity index (χ0) is 23.4. The second kappa shape index (κ2) is 10.4. The van der Waals surface area contributed by atoms with Crippen molar-refractivity contribution in [2.75, 3.05) is 25.5 Å². The summed E-state index contributed by atoms with van der Waals surface area (Å²) in [7, 11) is 1.96. The van der Waals surface area contributed by atoms with E-state index in [2.05, 4.69) is 9.88 Å². The summed E-state index contributed by atoms with van der Waals surface area (Å²) in [6.45, 7) is 3.81. The number of halogens is 1. The van der Waals surface area contributed by atoms with E-state index < -0.39 is 6.04 Å². The highest BCUT2D eigenvalue weighted by Gasteiger charge is 2.38. The molecule has 4 rings (SSSR count). The molecule has 1 aliphatic heterocycles. The third-order valence-electron chi connectivity index (χ3n) is 5.81. The van der Waals surface area contributed by atoms with Gasteiger partial charge < -0.3 is 19.5 Å². The van der Waals surface area contributed by atoms with E-state index >= 15 is 0 Å². The van der Waals surface area contributed by atoms with Crippen LogP contribution in [-0.4, -0.2) is 46.8 Å². The molecule has 0 bridgehead atoms. The fourth-order valence-corrected chi connectivity index (χ4v) is 5.31. The second-order valence-corrected chi connectivity index (χ2v) is 8.94. The van der Waals surface area contributed by atoms with Crippen LogP contribution in [0, 0.1) is 5.82 Å². The van der Waals surface area contributed by atoms with E-state index in [1.807, 2.05) is 38.2 Å². The number of carbonyl (C=O) groups is 2. The fourth-order valence-electron chi connectivity index (χ4n) is 4.22. The minimum Gasteiger partial charge on any atom is -0.382 e. The summed E-state index contributed by atoms with van der Waals surface area (Å²) in [5, 5.41) is 4.88. The Labute approximate surface area is 197 Å². The van der Waals surface area contributed by atoms with Crippen molar-refractivity contribution in [3.63, 3.8) is 0 Å². The van der Waals surface area contributed by atoms with Crippen LogP contribution in [-0.2, 0) is 27.9 Å². The van der Waals surface area contributed by atoms with Gasteiger partial charge in [-0.1, -0.05) is 42.1 Å². The van der Waals surface area contributed by atoms with E-state index in [4.69, 9.17) is 4.74 Å². The van der Waals surface area contributed by atoms with Crippen LogP contribution in [0.1, 0.15) is 30.5 Å². The van der Waals surface area contributed by atoms with E-state index in [-0.39, 0.29) is 29.9 Å². The number of ether oxygens (including phenoxy) is 1. The number of thioether (sulfide) groups is 1. The summed E-state index contributed by atoms with van der Waals surface area (Å²) >= 11 is 1.45. The molecule has 6 nitrogen and oxygen atoms in total. The van der Waals surface area contributed by atoms with Crippen molar-refractivity contribution >= 4 is 34.5 Å². The van der Waals surface area contributed by atoms with E-state index in [9.17, 15) is 14.0 Å². The Kier molecular flexibility index (Phi) is 7.35. The molecule has 3 aromatic rings. The third-order valence-corrected chi connectivity index (χ3v) is 6.97. The Morgan fingerprint density at radius 2 is 1.97 bits per heavy atom. The molecule has 2 amide bonds. The summed E-state index contributed by atoms with van der Waals surface area (Å²) < 4.78 is 20.9. The second-order valence-electron chi connectivity index (χ2n) is 7.98. The van der Waals surface area contributed by atoms with Gasteiger partial charge in [-0.2, -0.15) is 0 Å². The predicted octanol–water partition coefficient (Wildman–Crippen LogP) is 4.04. The van der Waals surface area contributed by atoms with Gasteiger partial charge in [0.05, 0.1) is 10.8 Å². The Morgan fingerprint density at radius 3 is 2.73 bits per heavy atom. The van der Waals surface area contributed by atoms with Gasteiger partial charge in [0, 0.05) is 49.8 Å². The number of aryl methyl sites for hydroxylation is 1. The van der Waals surface area contributed by atoms with Crippen molar-refractivity contribution < 1.29 is 18.7 Å². The van der Waals surface area contributed by atoms with Crippen molar-refractivity contribution in [2.45, 2.75) is 31.0 Å². The Balaban J connectivity index is 1.74. The lowest BCUT2D eigenvalue weighted by Crippen LogP contribution is -2.43. The van der Waals surface area contributed by atoms with Crippen molar-refractivity contribution in [1.82, 2.24) is 14.8 Å². The molecule has 0 radical (unpaired) electrons. The van der Waals surface area contributed by atoms with E-state index in [1.54, 1.807) is 17.0 Å². The molecule has 2 heterocycles. The molecule has 8 heteroatoms. The predicted molar refractivity (Wildman–Crippen MR) is 127 cm³/mol. The van der Waals surface area contributed by atoms with Crippen molar-refractivity contribution in [1.29, 1.82) is 0 Å². The molecule has 174 valence electrons. The Morgan fingerprint density at radius 1 is 1.21 bits per heavy atom. The van der Waals surface area contributed by atoms with Crippen LogP contribution in [0.2, 0.25) is 0 Å². The Hall–Kier alpha value is -2.84. The van der Waals surface area contributed by atoms with Gasteiger partial charge in [0.15, 0.2) is 0 Å². The zero-order valence-electron chi connectivity index (χ0n) is 18.8. The summed E-state index contributed by atoms with van der Waals surface area (Å²) in [6.07, 6.45) is 0.690. The number of hydrogen-bond acceptors (Lipinski definition) is 4. The van der Waals surface area contributed by atoms with E-state index in [0.717, 1.165) is 27.1 Å². The molecular formula is C25H28FN3O3S. The molecule has 0 unspecified atom stereocenters. The number of hydrogen-bond donors (Lipinski definition) is 1. The van der Waals surface area contributed by atoms with Crippen molar-refractivity contribution in [3.8, 4) is 0 Å². The number of fused-ring (bicyclic) bond motifs is 3. The molecule has 0 aliphatic carbocycles. The minimum absolute atomic E-state index is 0.126. The van der Waals surface area contributed by atoms with Crippen molar-refractivity contribution in [2.24, 2.45) is 7.05 Å². The maximum Gasteiger partial charge on any atom is 0.247 e. The first-order valence-corrected chi connectivity index (χ1v) is 12.1. The number of para-hydroxylation sites is 1. The molecule has 1 aromatic heterocycles. The Bertz CT molecular complexity index is 1150. The smallest absolute Gasteiger partial charge is 0.247 e. The normalized spacial score (nSPS) is 16.0. The van der Waals surface area contributed by atoms with Crippen LogP contribution >= 0.6 is 11.8 Å². The third kappa shape index (κ3) is 4.91. The molecule has 0 saturated carbocycles. The summed E-state index contributed by atoms with van der Waals surface area (Å²) in [5.41, 5.74) is 2.63. The van der Waals surface area contributed by atoms with Gasteiger partial charge in [0.1, 0.15) is 11.9 Å². The maximum atomic E-state index is 13.6. The quantitative estimate of drug-likeness (QED) is 0.506. The van der Waals surface area contributed by atoms with Crippen LogP contribution < -0.4 is 5.32 Å². The molecular weight excluding hydrogens is 441 g/mol. The van der Waals surface area contributed by atoms with Crippen LogP contribution in [0.25, 0.3) is 10.9 Å². The van der Waals surface area contributed by atoms with E-state index in [1.165, 1.54) is 23.9 Å². The van der Waals surface area contributed by atoms with Crippen LogP contribution in [0.15, 0.2) is 53.6 Å². The summed E-state index contributed by atoms with van der Waals surface area (Å²) in [4.78, 5) is 28.4. The number of rotatable bonds is 8. The van der Waals surface area contributed by atoms with Gasteiger partial charge in [0.25, 0.3) is 0 Å². The topological polar surface area (TPSA) is 63.6 Å². The molecule has 0 saturated heterocycles. The zero-order valence-corrected chi connectivity index (χ0v) is 19.7. The average Bonchev–Trinajstić information content (AvgIpc) is 3.00. The lowest BCUT2D eigenvalue weighted by molar-refractivity contribution is -0.139.